The predicted octanol–water partition coefficient (Wildman–Crippen LogP) is -1.06. The minimum atomic E-state index is -0.0550. The Morgan fingerprint density at radius 2 is 1.43 bits per heavy atom. The van der Waals surface area contributed by atoms with Gasteiger partial charge in [-0.25, -0.2) is 0 Å². The molecule has 2 amide bonds. The smallest absolute Gasteiger partial charge is 0.217 e. The van der Waals surface area contributed by atoms with Gasteiger partial charge in [0.15, 0.2) is 0 Å². The first-order chi connectivity index (χ1) is 6.49. The van der Waals surface area contributed by atoms with Crippen LogP contribution in [0.3, 0.4) is 0 Å². The molecule has 2 N–H and O–H groups in total. The van der Waals surface area contributed by atoms with Crippen LogP contribution in [0.1, 0.15) is 13.8 Å². The van der Waals surface area contributed by atoms with E-state index in [9.17, 15) is 9.59 Å². The van der Waals surface area contributed by atoms with E-state index in [2.05, 4.69) is 15.5 Å². The van der Waals surface area contributed by atoms with E-state index >= 15 is 0 Å². The lowest BCUT2D eigenvalue weighted by Crippen LogP contribution is -2.49. The Bertz CT molecular complexity index is 218. The van der Waals surface area contributed by atoms with Crippen LogP contribution in [0, 0.1) is 0 Å². The van der Waals surface area contributed by atoms with E-state index < -0.39 is 0 Å². The zero-order valence-corrected chi connectivity index (χ0v) is 8.83. The number of rotatable bonds is 2. The molecule has 0 aliphatic carbocycles. The van der Waals surface area contributed by atoms with Crippen molar-refractivity contribution in [3.05, 3.63) is 0 Å². The van der Waals surface area contributed by atoms with Gasteiger partial charge in [0, 0.05) is 26.9 Å². The first-order valence-electron chi connectivity index (χ1n) is 4.72. The summed E-state index contributed by atoms with van der Waals surface area (Å²) in [5.41, 5.74) is 0. The van der Waals surface area contributed by atoms with Crippen LogP contribution in [0.15, 0.2) is 0 Å². The molecule has 0 saturated carbocycles. The van der Waals surface area contributed by atoms with E-state index in [0.29, 0.717) is 0 Å². The molecule has 1 fully saturated rings. The molecular formula is C9H17N3O2. The second-order valence-electron chi connectivity index (χ2n) is 3.84. The Hall–Kier alpha value is -1.10. The minimum Gasteiger partial charge on any atom is -0.350 e. The summed E-state index contributed by atoms with van der Waals surface area (Å²) in [6.45, 7) is 4.54. The van der Waals surface area contributed by atoms with Gasteiger partial charge in [-0.15, -0.1) is 0 Å². The number of nitrogens with zero attached hydrogens (tertiary/aromatic N) is 1. The van der Waals surface area contributed by atoms with Crippen LogP contribution in [0.5, 0.6) is 0 Å². The summed E-state index contributed by atoms with van der Waals surface area (Å²) in [6, 6.07) is 0.0581. The third-order valence-corrected chi connectivity index (χ3v) is 2.28. The zero-order valence-electron chi connectivity index (χ0n) is 8.83. The van der Waals surface area contributed by atoms with Crippen LogP contribution in [0.2, 0.25) is 0 Å². The maximum absolute atomic E-state index is 10.9. The van der Waals surface area contributed by atoms with E-state index in [1.165, 1.54) is 13.8 Å². The van der Waals surface area contributed by atoms with Crippen molar-refractivity contribution in [1.82, 2.24) is 15.5 Å². The maximum atomic E-state index is 10.9. The SMILES string of the molecule is CC(=O)NC1CN(C)CC1NC(C)=O. The van der Waals surface area contributed by atoms with Crippen molar-refractivity contribution in [3.8, 4) is 0 Å². The van der Waals surface area contributed by atoms with Gasteiger partial charge in [0.1, 0.15) is 0 Å². The highest BCUT2D eigenvalue weighted by Crippen LogP contribution is 2.07. The molecule has 1 saturated heterocycles. The number of hydrogen-bond donors (Lipinski definition) is 2. The lowest BCUT2D eigenvalue weighted by molar-refractivity contribution is -0.122. The van der Waals surface area contributed by atoms with Gasteiger partial charge < -0.3 is 15.5 Å². The van der Waals surface area contributed by atoms with Crippen LogP contribution in [-0.4, -0.2) is 48.9 Å². The van der Waals surface area contributed by atoms with E-state index in [1.54, 1.807) is 0 Å². The summed E-state index contributed by atoms with van der Waals surface area (Å²) < 4.78 is 0. The van der Waals surface area contributed by atoms with Gasteiger partial charge in [0.25, 0.3) is 0 Å². The molecule has 0 aromatic rings. The summed E-state index contributed by atoms with van der Waals surface area (Å²) >= 11 is 0. The third-order valence-electron chi connectivity index (χ3n) is 2.28. The second kappa shape index (κ2) is 4.41. The molecule has 0 radical (unpaired) electrons. The van der Waals surface area contributed by atoms with Gasteiger partial charge in [-0.2, -0.15) is 0 Å². The summed E-state index contributed by atoms with van der Waals surface area (Å²) in [6.07, 6.45) is 0. The lowest BCUT2D eigenvalue weighted by atomic mass is 10.1. The highest BCUT2D eigenvalue weighted by Gasteiger charge is 2.31. The standard InChI is InChI=1S/C9H17N3O2/c1-6(13)10-8-4-12(3)5-9(8)11-7(2)14/h8-9H,4-5H2,1-3H3,(H,10,13)(H,11,14). The Kier molecular flexibility index (Phi) is 3.46. The van der Waals surface area contributed by atoms with E-state index in [-0.39, 0.29) is 23.9 Å². The average molecular weight is 199 g/mol. The number of amides is 2. The molecule has 5 nitrogen and oxygen atoms in total. The average Bonchev–Trinajstić information content (AvgIpc) is 2.28. The Balaban J connectivity index is 2.53. The van der Waals surface area contributed by atoms with Crippen molar-refractivity contribution in [2.75, 3.05) is 20.1 Å². The highest BCUT2D eigenvalue weighted by molar-refractivity contribution is 5.75. The molecule has 1 aliphatic heterocycles. The Morgan fingerprint density at radius 3 is 1.71 bits per heavy atom. The second-order valence-corrected chi connectivity index (χ2v) is 3.84. The van der Waals surface area contributed by atoms with Crippen molar-refractivity contribution < 1.29 is 9.59 Å². The molecule has 14 heavy (non-hydrogen) atoms. The Morgan fingerprint density at radius 1 is 1.07 bits per heavy atom. The largest absolute Gasteiger partial charge is 0.350 e. The summed E-state index contributed by atoms with van der Waals surface area (Å²) in [4.78, 5) is 23.9. The lowest BCUT2D eigenvalue weighted by Gasteiger charge is -2.19. The van der Waals surface area contributed by atoms with Crippen LogP contribution in [0.25, 0.3) is 0 Å². The molecule has 80 valence electrons. The number of likely N-dealkylation sites (tertiary alicyclic amines) is 1. The zero-order chi connectivity index (χ0) is 10.7. The highest BCUT2D eigenvalue weighted by atomic mass is 16.2. The van der Waals surface area contributed by atoms with E-state index in [0.717, 1.165) is 13.1 Å². The molecule has 1 aliphatic rings. The van der Waals surface area contributed by atoms with Crippen molar-refractivity contribution in [2.45, 2.75) is 25.9 Å². The number of hydrogen-bond acceptors (Lipinski definition) is 3. The maximum Gasteiger partial charge on any atom is 0.217 e. The van der Waals surface area contributed by atoms with Crippen molar-refractivity contribution in [2.24, 2.45) is 0 Å². The normalized spacial score (nSPS) is 27.4. The van der Waals surface area contributed by atoms with Gasteiger partial charge in [-0.3, -0.25) is 9.59 Å². The topological polar surface area (TPSA) is 61.4 Å². The first-order valence-corrected chi connectivity index (χ1v) is 4.72. The molecule has 2 atom stereocenters. The fraction of sp³-hybridized carbons (Fsp3) is 0.778. The summed E-state index contributed by atoms with van der Waals surface area (Å²) in [5.74, 6) is -0.110. The number of likely N-dealkylation sites (N-methyl/N-ethyl adjacent to an activating group) is 1. The van der Waals surface area contributed by atoms with Crippen LogP contribution >= 0.6 is 0 Å². The molecule has 2 unspecified atom stereocenters. The predicted molar refractivity (Wildman–Crippen MR) is 52.7 cm³/mol. The van der Waals surface area contributed by atoms with Gasteiger partial charge in [0.05, 0.1) is 12.1 Å². The van der Waals surface area contributed by atoms with Crippen LogP contribution < -0.4 is 10.6 Å². The van der Waals surface area contributed by atoms with Gasteiger partial charge in [-0.1, -0.05) is 0 Å². The van der Waals surface area contributed by atoms with Crippen molar-refractivity contribution >= 4 is 11.8 Å². The van der Waals surface area contributed by atoms with E-state index in [4.69, 9.17) is 0 Å². The Labute approximate surface area is 83.8 Å². The van der Waals surface area contributed by atoms with Crippen LogP contribution in [0.4, 0.5) is 0 Å². The molecule has 0 aromatic carbocycles. The molecule has 0 spiro atoms. The molecular weight excluding hydrogens is 182 g/mol. The van der Waals surface area contributed by atoms with Gasteiger partial charge in [-0.05, 0) is 7.05 Å². The van der Waals surface area contributed by atoms with Crippen molar-refractivity contribution in [3.63, 3.8) is 0 Å². The van der Waals surface area contributed by atoms with Gasteiger partial charge >= 0.3 is 0 Å². The number of carbonyl (C=O) groups excluding carboxylic acids is 2. The fourth-order valence-electron chi connectivity index (χ4n) is 1.82. The van der Waals surface area contributed by atoms with Crippen LogP contribution in [-0.2, 0) is 9.59 Å². The minimum absolute atomic E-state index is 0.0291. The monoisotopic (exact) mass is 199 g/mol. The van der Waals surface area contributed by atoms with E-state index in [1.807, 2.05) is 7.05 Å². The molecule has 0 aromatic heterocycles. The van der Waals surface area contributed by atoms with Crippen molar-refractivity contribution in [1.29, 1.82) is 0 Å². The number of carbonyl (C=O) groups is 2. The quantitative estimate of drug-likeness (QED) is 0.596. The molecule has 5 heteroatoms. The molecule has 0 bridgehead atoms. The third kappa shape index (κ3) is 2.99. The summed E-state index contributed by atoms with van der Waals surface area (Å²) in [5, 5.41) is 5.66. The number of nitrogens with one attached hydrogen (secondary N) is 2. The summed E-state index contributed by atoms with van der Waals surface area (Å²) in [7, 11) is 1.97. The van der Waals surface area contributed by atoms with Gasteiger partial charge in [0.2, 0.25) is 11.8 Å². The fourth-order valence-corrected chi connectivity index (χ4v) is 1.82. The molecule has 1 heterocycles. The first kappa shape index (κ1) is 11.0. The molecule has 1 rings (SSSR count).